The minimum Gasteiger partial charge on any atom is -0.492 e. The van der Waals surface area contributed by atoms with Gasteiger partial charge in [-0.15, -0.1) is 0 Å². The molecular weight excluding hydrogens is 558 g/mol. The highest BCUT2D eigenvalue weighted by molar-refractivity contribution is 5.99. The molecule has 1 aromatic heterocycles. The monoisotopic (exact) mass is 595 g/mol. The molecule has 1 amide bonds. The number of esters is 1. The van der Waals surface area contributed by atoms with E-state index in [0.717, 1.165) is 17.7 Å². The molecule has 0 bridgehead atoms. The number of likely N-dealkylation sites (tertiary alicyclic amines) is 2. The van der Waals surface area contributed by atoms with Gasteiger partial charge >= 0.3 is 12.1 Å². The van der Waals surface area contributed by atoms with Gasteiger partial charge in [-0.1, -0.05) is 6.07 Å². The second-order valence-corrected chi connectivity index (χ2v) is 12.0. The first-order valence-corrected chi connectivity index (χ1v) is 13.9. The number of ether oxygens (including phenoxy) is 2. The summed E-state index contributed by atoms with van der Waals surface area (Å²) in [5, 5.41) is 10.1. The van der Waals surface area contributed by atoms with Crippen LogP contribution in [0.1, 0.15) is 50.4 Å². The lowest BCUT2D eigenvalue weighted by Crippen LogP contribution is -2.51. The van der Waals surface area contributed by atoms with Gasteiger partial charge in [-0.2, -0.15) is 13.2 Å². The van der Waals surface area contributed by atoms with E-state index < -0.39 is 40.9 Å². The summed E-state index contributed by atoms with van der Waals surface area (Å²) < 4.78 is 65.4. The van der Waals surface area contributed by atoms with Crippen molar-refractivity contribution in [3.63, 3.8) is 0 Å². The molecule has 42 heavy (non-hydrogen) atoms. The van der Waals surface area contributed by atoms with Crippen LogP contribution in [0.3, 0.4) is 0 Å². The molecule has 2 saturated heterocycles. The minimum atomic E-state index is -4.25. The standard InChI is InChI=1S/C30H37F4N3O5/c1-28(2,30(32,33)34)18-36-11-9-19(10-12-36)17-42-22-6-8-25(35-15-22)20-5-7-23(24(31)13-20)26(39)37-16-21(38)14-29(37,3)27(40)41-4/h5-8,13,15,19,21,38H,9-12,14,16-18H2,1-4H3/t21-,29+/m1/s1. The van der Waals surface area contributed by atoms with Crippen molar-refractivity contribution < 1.29 is 41.7 Å². The first-order chi connectivity index (χ1) is 19.6. The smallest absolute Gasteiger partial charge is 0.395 e. The highest BCUT2D eigenvalue weighted by Crippen LogP contribution is 2.39. The van der Waals surface area contributed by atoms with E-state index in [9.17, 15) is 27.9 Å². The van der Waals surface area contributed by atoms with Gasteiger partial charge in [0.15, 0.2) is 0 Å². The van der Waals surface area contributed by atoms with Gasteiger partial charge in [0.05, 0.1) is 42.7 Å². The number of alkyl halides is 3. The molecule has 230 valence electrons. The van der Waals surface area contributed by atoms with Gasteiger partial charge in [-0.3, -0.25) is 9.78 Å². The first-order valence-electron chi connectivity index (χ1n) is 13.9. The molecule has 0 radical (unpaired) electrons. The number of aliphatic hydroxyl groups is 1. The van der Waals surface area contributed by atoms with Crippen LogP contribution in [-0.2, 0) is 9.53 Å². The molecule has 2 aliphatic heterocycles. The number of carbonyl (C=O) groups is 2. The summed E-state index contributed by atoms with van der Waals surface area (Å²) in [7, 11) is 1.19. The fourth-order valence-corrected chi connectivity index (χ4v) is 5.57. The Morgan fingerprint density at radius 1 is 1.14 bits per heavy atom. The van der Waals surface area contributed by atoms with Crippen molar-refractivity contribution in [1.82, 2.24) is 14.8 Å². The number of hydrogen-bond donors (Lipinski definition) is 1. The summed E-state index contributed by atoms with van der Waals surface area (Å²) in [4.78, 5) is 32.8. The topological polar surface area (TPSA) is 92.2 Å². The zero-order chi connectivity index (χ0) is 30.9. The molecular formula is C30H37F4N3O5. The van der Waals surface area contributed by atoms with Crippen LogP contribution >= 0.6 is 0 Å². The summed E-state index contributed by atoms with van der Waals surface area (Å²) in [6.45, 7) is 5.36. The third kappa shape index (κ3) is 6.70. The molecule has 3 heterocycles. The highest BCUT2D eigenvalue weighted by atomic mass is 19.4. The van der Waals surface area contributed by atoms with E-state index in [4.69, 9.17) is 9.47 Å². The lowest BCUT2D eigenvalue weighted by molar-refractivity contribution is -0.217. The molecule has 1 N–H and O–H groups in total. The van der Waals surface area contributed by atoms with E-state index in [2.05, 4.69) is 4.98 Å². The van der Waals surface area contributed by atoms with Gasteiger partial charge in [0.1, 0.15) is 17.1 Å². The number of rotatable bonds is 8. The van der Waals surface area contributed by atoms with Crippen molar-refractivity contribution in [2.24, 2.45) is 11.3 Å². The molecule has 2 atom stereocenters. The first kappa shape index (κ1) is 31.7. The van der Waals surface area contributed by atoms with Crippen LogP contribution in [0, 0.1) is 17.2 Å². The number of benzene rings is 1. The minimum absolute atomic E-state index is 0.0110. The van der Waals surface area contributed by atoms with Crippen molar-refractivity contribution in [1.29, 1.82) is 0 Å². The van der Waals surface area contributed by atoms with E-state index in [1.807, 2.05) is 4.90 Å². The number of methoxy groups -OCH3 is 1. The molecule has 0 unspecified atom stereocenters. The lowest BCUT2D eigenvalue weighted by atomic mass is 9.89. The van der Waals surface area contributed by atoms with Crippen LogP contribution in [0.5, 0.6) is 5.75 Å². The predicted octanol–water partition coefficient (Wildman–Crippen LogP) is 4.71. The quantitative estimate of drug-likeness (QED) is 0.349. The molecule has 0 spiro atoms. The SMILES string of the molecule is COC(=O)[C@]1(C)C[C@@H](O)CN1C(=O)c1ccc(-c2ccc(OCC3CCN(CC(C)(C)C(F)(F)F)CC3)cn2)cc1F. The van der Waals surface area contributed by atoms with Gasteiger partial charge in [-0.25, -0.2) is 9.18 Å². The van der Waals surface area contributed by atoms with Crippen molar-refractivity contribution in [2.45, 2.75) is 57.9 Å². The average Bonchev–Trinajstić information content (AvgIpc) is 3.26. The third-order valence-electron chi connectivity index (χ3n) is 8.30. The fraction of sp³-hybridized carbons (Fsp3) is 0.567. The number of pyridine rings is 1. The van der Waals surface area contributed by atoms with Crippen LogP contribution in [-0.4, -0.2) is 89.5 Å². The Morgan fingerprint density at radius 2 is 1.83 bits per heavy atom. The fourth-order valence-electron chi connectivity index (χ4n) is 5.57. The average molecular weight is 596 g/mol. The summed E-state index contributed by atoms with van der Waals surface area (Å²) in [6, 6.07) is 7.43. The molecule has 2 aromatic rings. The van der Waals surface area contributed by atoms with Gasteiger partial charge in [0, 0.05) is 25.1 Å². The van der Waals surface area contributed by atoms with Gasteiger partial charge < -0.3 is 24.4 Å². The number of piperidine rings is 1. The Kier molecular flexibility index (Phi) is 9.17. The number of hydrogen-bond acceptors (Lipinski definition) is 7. The Morgan fingerprint density at radius 3 is 2.40 bits per heavy atom. The summed E-state index contributed by atoms with van der Waals surface area (Å²) in [5.74, 6) is -1.48. The lowest BCUT2D eigenvalue weighted by Gasteiger charge is -2.38. The number of aromatic nitrogens is 1. The number of amides is 1. The molecule has 0 aliphatic carbocycles. The van der Waals surface area contributed by atoms with E-state index in [0.29, 0.717) is 36.7 Å². The third-order valence-corrected chi connectivity index (χ3v) is 8.30. The van der Waals surface area contributed by atoms with Crippen molar-refractivity contribution in [2.75, 3.05) is 39.9 Å². The van der Waals surface area contributed by atoms with Gasteiger partial charge in [0.25, 0.3) is 5.91 Å². The summed E-state index contributed by atoms with van der Waals surface area (Å²) in [5.41, 5.74) is -2.52. The number of halogens is 4. The maximum absolute atomic E-state index is 15.1. The van der Waals surface area contributed by atoms with Crippen LogP contribution in [0.4, 0.5) is 17.6 Å². The molecule has 0 saturated carbocycles. The van der Waals surface area contributed by atoms with E-state index >= 15 is 4.39 Å². The van der Waals surface area contributed by atoms with Crippen LogP contribution in [0.25, 0.3) is 11.3 Å². The van der Waals surface area contributed by atoms with Crippen molar-refractivity contribution in [3.05, 3.63) is 47.9 Å². The number of aliphatic hydroxyl groups excluding tert-OH is 1. The molecule has 2 fully saturated rings. The second-order valence-electron chi connectivity index (χ2n) is 12.0. The van der Waals surface area contributed by atoms with Crippen molar-refractivity contribution in [3.8, 4) is 17.0 Å². The van der Waals surface area contributed by atoms with E-state index in [1.54, 1.807) is 18.2 Å². The van der Waals surface area contributed by atoms with Crippen LogP contribution in [0.2, 0.25) is 0 Å². The molecule has 1 aromatic carbocycles. The number of β-amino-alcohol motifs (C(OH)–C–C–N with tert-alkyl or cyclic N) is 1. The maximum Gasteiger partial charge on any atom is 0.395 e. The van der Waals surface area contributed by atoms with Crippen molar-refractivity contribution >= 4 is 11.9 Å². The van der Waals surface area contributed by atoms with Crippen LogP contribution in [0.15, 0.2) is 36.5 Å². The maximum atomic E-state index is 15.1. The normalized spacial score (nSPS) is 22.3. The second kappa shape index (κ2) is 12.2. The molecule has 4 rings (SSSR count). The predicted molar refractivity (Wildman–Crippen MR) is 146 cm³/mol. The summed E-state index contributed by atoms with van der Waals surface area (Å²) >= 11 is 0. The van der Waals surface area contributed by atoms with Crippen LogP contribution < -0.4 is 4.74 Å². The molecule has 8 nitrogen and oxygen atoms in total. The zero-order valence-electron chi connectivity index (χ0n) is 24.2. The van der Waals surface area contributed by atoms with E-state index in [1.165, 1.54) is 46.2 Å². The van der Waals surface area contributed by atoms with E-state index in [-0.39, 0.29) is 31.0 Å². The highest BCUT2D eigenvalue weighted by Gasteiger charge is 2.51. The largest absolute Gasteiger partial charge is 0.492 e. The zero-order valence-corrected chi connectivity index (χ0v) is 24.2. The summed E-state index contributed by atoms with van der Waals surface area (Å²) in [6.07, 6.45) is -2.21. The molecule has 12 heteroatoms. The Bertz CT molecular complexity index is 1280. The number of nitrogens with zero attached hydrogens (tertiary/aromatic N) is 3. The Labute approximate surface area is 242 Å². The van der Waals surface area contributed by atoms with Gasteiger partial charge in [-0.05, 0) is 76.9 Å². The van der Waals surface area contributed by atoms with Gasteiger partial charge in [0.2, 0.25) is 0 Å². The Balaban J connectivity index is 1.33. The Hall–Kier alpha value is -3.25. The molecule has 2 aliphatic rings. The number of carbonyl (C=O) groups excluding carboxylic acids is 2.